The zero-order chi connectivity index (χ0) is 20.4. The zero-order valence-electron chi connectivity index (χ0n) is 16.9. The number of hydrogen-bond donors (Lipinski definition) is 2. The smallest absolute Gasteiger partial charge is 0.244 e. The van der Waals surface area contributed by atoms with Gasteiger partial charge in [0.25, 0.3) is 0 Å². The lowest BCUT2D eigenvalue weighted by Crippen LogP contribution is -2.45. The van der Waals surface area contributed by atoms with Gasteiger partial charge in [-0.2, -0.15) is 0 Å². The van der Waals surface area contributed by atoms with E-state index in [2.05, 4.69) is 20.9 Å². The molecule has 2 aliphatic rings. The number of benzene rings is 1. The molecule has 2 aromatic rings. The highest BCUT2D eigenvalue weighted by Crippen LogP contribution is 2.40. The van der Waals surface area contributed by atoms with Gasteiger partial charge in [0.15, 0.2) is 0 Å². The first kappa shape index (κ1) is 19.4. The lowest BCUT2D eigenvalue weighted by molar-refractivity contribution is -0.128. The number of carbonyl (C=O) groups excluding carboxylic acids is 2. The Hall–Kier alpha value is -2.90. The average Bonchev–Trinajstić information content (AvgIpc) is 3.18. The molecule has 1 saturated carbocycles. The maximum atomic E-state index is 13.4. The molecule has 1 aliphatic heterocycles. The predicted octanol–water partition coefficient (Wildman–Crippen LogP) is 2.00. The molecule has 0 bridgehead atoms. The number of amides is 2. The molecule has 1 fully saturated rings. The van der Waals surface area contributed by atoms with Crippen molar-refractivity contribution >= 4 is 11.8 Å². The zero-order valence-corrected chi connectivity index (χ0v) is 16.9. The molecule has 1 aliphatic carbocycles. The van der Waals surface area contributed by atoms with E-state index in [0.29, 0.717) is 18.8 Å². The summed E-state index contributed by atoms with van der Waals surface area (Å²) in [6.07, 6.45) is 4.88. The normalized spacial score (nSPS) is 20.5. The van der Waals surface area contributed by atoms with E-state index in [1.165, 1.54) is 0 Å². The van der Waals surface area contributed by atoms with Gasteiger partial charge in [0, 0.05) is 0 Å². The quantitative estimate of drug-likeness (QED) is 0.804. The summed E-state index contributed by atoms with van der Waals surface area (Å²) in [7, 11) is 1.64. The van der Waals surface area contributed by atoms with Gasteiger partial charge in [0.1, 0.15) is 17.5 Å². The van der Waals surface area contributed by atoms with E-state index < -0.39 is 5.41 Å². The number of methoxy groups -OCH3 is 1. The summed E-state index contributed by atoms with van der Waals surface area (Å²) in [6.45, 7) is 2.47. The highest BCUT2D eigenvalue weighted by Gasteiger charge is 2.41. The van der Waals surface area contributed by atoms with E-state index in [1.54, 1.807) is 18.7 Å². The van der Waals surface area contributed by atoms with Crippen molar-refractivity contribution in [3.05, 3.63) is 41.2 Å². The summed E-state index contributed by atoms with van der Waals surface area (Å²) in [4.78, 5) is 25.2. The number of hydrogen-bond acceptors (Lipinski definition) is 5. The molecule has 0 saturated heterocycles. The summed E-state index contributed by atoms with van der Waals surface area (Å²) < 4.78 is 6.91. The first-order valence-corrected chi connectivity index (χ1v) is 10.2. The Morgan fingerprint density at radius 2 is 2.00 bits per heavy atom. The topological polar surface area (TPSA) is 98.1 Å². The SMILES string of the molecule is COc1ccc(C2(C(=O)NCc3nnn4c3CNC(=O)C4C)CCCCC2)cc1. The fourth-order valence-corrected chi connectivity index (χ4v) is 4.45. The van der Waals surface area contributed by atoms with Gasteiger partial charge in [-0.25, -0.2) is 4.68 Å². The van der Waals surface area contributed by atoms with Crippen molar-refractivity contribution in [1.82, 2.24) is 25.6 Å². The fourth-order valence-electron chi connectivity index (χ4n) is 4.45. The number of nitrogens with zero attached hydrogens (tertiary/aromatic N) is 3. The van der Waals surface area contributed by atoms with Crippen molar-refractivity contribution in [2.45, 2.75) is 63.6 Å². The average molecular weight is 397 g/mol. The summed E-state index contributed by atoms with van der Waals surface area (Å²) in [5.74, 6) is 0.739. The number of rotatable bonds is 5. The predicted molar refractivity (Wildman–Crippen MR) is 106 cm³/mol. The van der Waals surface area contributed by atoms with Crippen LogP contribution < -0.4 is 15.4 Å². The van der Waals surface area contributed by atoms with E-state index >= 15 is 0 Å². The van der Waals surface area contributed by atoms with Gasteiger partial charge in [0.05, 0.1) is 31.3 Å². The number of fused-ring (bicyclic) bond motifs is 1. The third kappa shape index (κ3) is 3.47. The number of aromatic nitrogens is 3. The van der Waals surface area contributed by atoms with Gasteiger partial charge < -0.3 is 15.4 Å². The van der Waals surface area contributed by atoms with Crippen molar-refractivity contribution in [3.8, 4) is 5.75 Å². The van der Waals surface area contributed by atoms with Crippen LogP contribution in [0.2, 0.25) is 0 Å². The largest absolute Gasteiger partial charge is 0.497 e. The molecule has 1 aromatic heterocycles. The van der Waals surface area contributed by atoms with E-state index in [9.17, 15) is 9.59 Å². The molecule has 29 heavy (non-hydrogen) atoms. The summed E-state index contributed by atoms with van der Waals surface area (Å²) in [5.41, 5.74) is 2.05. The van der Waals surface area contributed by atoms with Crippen LogP contribution in [-0.4, -0.2) is 33.9 Å². The Balaban J connectivity index is 1.54. The number of nitrogens with one attached hydrogen (secondary N) is 2. The van der Waals surface area contributed by atoms with Gasteiger partial charge in [-0.1, -0.05) is 36.6 Å². The van der Waals surface area contributed by atoms with Gasteiger partial charge in [0.2, 0.25) is 11.8 Å². The van der Waals surface area contributed by atoms with E-state index in [4.69, 9.17) is 4.74 Å². The minimum atomic E-state index is -0.529. The molecule has 8 heteroatoms. The van der Waals surface area contributed by atoms with Gasteiger partial charge in [-0.05, 0) is 37.5 Å². The first-order valence-electron chi connectivity index (χ1n) is 10.2. The minimum Gasteiger partial charge on any atom is -0.497 e. The molecular formula is C21H27N5O3. The highest BCUT2D eigenvalue weighted by molar-refractivity contribution is 5.88. The second-order valence-electron chi connectivity index (χ2n) is 7.88. The van der Waals surface area contributed by atoms with E-state index in [1.807, 2.05) is 24.3 Å². The molecule has 1 atom stereocenters. The fraction of sp³-hybridized carbons (Fsp3) is 0.524. The lowest BCUT2D eigenvalue weighted by Gasteiger charge is -2.36. The van der Waals surface area contributed by atoms with Crippen LogP contribution in [-0.2, 0) is 28.1 Å². The Bertz CT molecular complexity index is 900. The third-order valence-corrected chi connectivity index (χ3v) is 6.25. The molecule has 4 rings (SSSR count). The number of carbonyl (C=O) groups is 2. The van der Waals surface area contributed by atoms with Crippen LogP contribution in [0.25, 0.3) is 0 Å². The monoisotopic (exact) mass is 397 g/mol. The van der Waals surface area contributed by atoms with E-state index in [0.717, 1.165) is 49.1 Å². The molecule has 0 spiro atoms. The van der Waals surface area contributed by atoms with Crippen LogP contribution in [0.4, 0.5) is 0 Å². The molecule has 154 valence electrons. The maximum Gasteiger partial charge on any atom is 0.244 e. The van der Waals surface area contributed by atoms with Crippen LogP contribution in [0.3, 0.4) is 0 Å². The summed E-state index contributed by atoms with van der Waals surface area (Å²) >= 11 is 0. The molecule has 2 N–H and O–H groups in total. The first-order chi connectivity index (χ1) is 14.0. The van der Waals surface area contributed by atoms with Gasteiger partial charge >= 0.3 is 0 Å². The molecule has 2 amide bonds. The summed E-state index contributed by atoms with van der Waals surface area (Å²) in [5, 5.41) is 14.3. The maximum absolute atomic E-state index is 13.4. The molecule has 2 heterocycles. The van der Waals surface area contributed by atoms with Crippen molar-refractivity contribution in [2.24, 2.45) is 0 Å². The van der Waals surface area contributed by atoms with E-state index in [-0.39, 0.29) is 17.9 Å². The van der Waals surface area contributed by atoms with Crippen LogP contribution in [0.15, 0.2) is 24.3 Å². The van der Waals surface area contributed by atoms with Gasteiger partial charge in [-0.15, -0.1) is 5.10 Å². The molecule has 1 unspecified atom stereocenters. The molecular weight excluding hydrogens is 370 g/mol. The van der Waals surface area contributed by atoms with Crippen molar-refractivity contribution in [2.75, 3.05) is 7.11 Å². The van der Waals surface area contributed by atoms with Crippen LogP contribution in [0.1, 0.15) is 62.0 Å². The third-order valence-electron chi connectivity index (χ3n) is 6.25. The van der Waals surface area contributed by atoms with Crippen LogP contribution >= 0.6 is 0 Å². The minimum absolute atomic E-state index is 0.0250. The van der Waals surface area contributed by atoms with Gasteiger partial charge in [-0.3, -0.25) is 9.59 Å². The lowest BCUT2D eigenvalue weighted by atomic mass is 9.68. The Labute approximate surface area is 170 Å². The standard InChI is InChI=1S/C21H27N5O3/c1-14-19(27)22-13-18-17(24-25-26(14)18)12-23-20(28)21(10-4-3-5-11-21)15-6-8-16(29-2)9-7-15/h6-9,14H,3-5,10-13H2,1-2H3,(H,22,27)(H,23,28). The molecule has 8 nitrogen and oxygen atoms in total. The highest BCUT2D eigenvalue weighted by atomic mass is 16.5. The van der Waals surface area contributed by atoms with Crippen molar-refractivity contribution < 1.29 is 14.3 Å². The second-order valence-corrected chi connectivity index (χ2v) is 7.88. The Morgan fingerprint density at radius 1 is 1.28 bits per heavy atom. The van der Waals surface area contributed by atoms with Crippen molar-refractivity contribution in [1.29, 1.82) is 0 Å². The Kier molecular flexibility index (Phi) is 5.25. The molecule has 1 aromatic carbocycles. The van der Waals surface area contributed by atoms with Crippen LogP contribution in [0.5, 0.6) is 5.75 Å². The Morgan fingerprint density at radius 3 is 2.69 bits per heavy atom. The molecule has 0 radical (unpaired) electrons. The summed E-state index contributed by atoms with van der Waals surface area (Å²) in [6, 6.07) is 7.44. The number of ether oxygens (including phenoxy) is 1. The van der Waals surface area contributed by atoms with Crippen molar-refractivity contribution in [3.63, 3.8) is 0 Å². The second kappa shape index (κ2) is 7.85. The van der Waals surface area contributed by atoms with Crippen LogP contribution in [0, 0.1) is 0 Å².